The predicted octanol–water partition coefficient (Wildman–Crippen LogP) is 1.27. The molecule has 1 atom stereocenters. The average Bonchev–Trinajstić information content (AvgIpc) is 1.93. The Morgan fingerprint density at radius 2 is 1.91 bits per heavy atom. The van der Waals surface area contributed by atoms with Gasteiger partial charge in [-0.25, -0.2) is 0 Å². The second kappa shape index (κ2) is 7.17. The molecule has 0 aromatic heterocycles. The van der Waals surface area contributed by atoms with Crippen LogP contribution in [0.4, 0.5) is 0 Å². The Balaban J connectivity index is 0. The summed E-state index contributed by atoms with van der Waals surface area (Å²) in [5.74, 6) is 0. The van der Waals surface area contributed by atoms with E-state index in [2.05, 4.69) is 11.9 Å². The minimum atomic E-state index is 0. The molecule has 0 radical (unpaired) electrons. The average molecular weight is 201 g/mol. The molecule has 2 N–H and O–H groups in total. The van der Waals surface area contributed by atoms with Crippen LogP contribution < -0.4 is 5.73 Å². The van der Waals surface area contributed by atoms with E-state index in [0.29, 0.717) is 6.04 Å². The molecule has 0 aliphatic carbocycles. The van der Waals surface area contributed by atoms with Crippen LogP contribution in [0.3, 0.4) is 0 Å². The summed E-state index contributed by atoms with van der Waals surface area (Å²) in [5.41, 5.74) is 5.78. The summed E-state index contributed by atoms with van der Waals surface area (Å²) in [7, 11) is 2.14. The summed E-state index contributed by atoms with van der Waals surface area (Å²) in [6, 6.07) is 0.428. The van der Waals surface area contributed by atoms with Crippen LogP contribution in [-0.2, 0) is 0 Å². The Kier molecular flexibility index (Phi) is 9.15. The SMILES string of the molecule is CN1CCCCC(N)C1.Cl.Cl. The van der Waals surface area contributed by atoms with E-state index in [1.54, 1.807) is 0 Å². The van der Waals surface area contributed by atoms with Gasteiger partial charge in [0.15, 0.2) is 0 Å². The first-order valence-electron chi connectivity index (χ1n) is 3.73. The van der Waals surface area contributed by atoms with Crippen molar-refractivity contribution in [1.29, 1.82) is 0 Å². The lowest BCUT2D eigenvalue weighted by atomic mass is 10.2. The minimum Gasteiger partial charge on any atom is -0.327 e. The highest BCUT2D eigenvalue weighted by Gasteiger charge is 2.10. The maximum absolute atomic E-state index is 5.78. The van der Waals surface area contributed by atoms with Gasteiger partial charge >= 0.3 is 0 Å². The lowest BCUT2D eigenvalue weighted by molar-refractivity contribution is 0.333. The molecule has 0 amide bonds. The highest BCUT2D eigenvalue weighted by molar-refractivity contribution is 5.85. The maximum Gasteiger partial charge on any atom is 0.0167 e. The number of hydrogen-bond acceptors (Lipinski definition) is 2. The van der Waals surface area contributed by atoms with Crippen molar-refractivity contribution in [2.24, 2.45) is 5.73 Å². The summed E-state index contributed by atoms with van der Waals surface area (Å²) in [6.45, 7) is 2.31. The zero-order chi connectivity index (χ0) is 6.69. The smallest absolute Gasteiger partial charge is 0.0167 e. The van der Waals surface area contributed by atoms with E-state index in [1.807, 2.05) is 0 Å². The Morgan fingerprint density at radius 1 is 1.27 bits per heavy atom. The molecule has 0 aromatic carbocycles. The molecule has 11 heavy (non-hydrogen) atoms. The molecule has 1 rings (SSSR count). The Labute approximate surface area is 81.3 Å². The molecule has 0 spiro atoms. The molecule has 1 fully saturated rings. The Bertz CT molecular complexity index is 80.5. The quantitative estimate of drug-likeness (QED) is 0.639. The number of likely N-dealkylation sites (N-methyl/N-ethyl adjacent to an activating group) is 1. The highest BCUT2D eigenvalue weighted by Crippen LogP contribution is 2.06. The first-order chi connectivity index (χ1) is 4.29. The Morgan fingerprint density at radius 3 is 2.55 bits per heavy atom. The van der Waals surface area contributed by atoms with Crippen LogP contribution in [0.1, 0.15) is 19.3 Å². The van der Waals surface area contributed by atoms with Crippen molar-refractivity contribution in [3.8, 4) is 0 Å². The lowest BCUT2D eigenvalue weighted by Gasteiger charge is -2.15. The molecule has 0 saturated carbocycles. The van der Waals surface area contributed by atoms with Crippen LogP contribution in [0.5, 0.6) is 0 Å². The predicted molar refractivity (Wildman–Crippen MR) is 53.8 cm³/mol. The molecule has 1 unspecified atom stereocenters. The van der Waals surface area contributed by atoms with E-state index in [1.165, 1.54) is 25.8 Å². The standard InChI is InChI=1S/C7H16N2.2ClH/c1-9-5-3-2-4-7(8)6-9;;/h7H,2-6,8H2,1H3;2*1H. The summed E-state index contributed by atoms with van der Waals surface area (Å²) < 4.78 is 0. The first-order valence-corrected chi connectivity index (χ1v) is 3.73. The summed E-state index contributed by atoms with van der Waals surface area (Å²) in [5, 5.41) is 0. The van der Waals surface area contributed by atoms with Crippen LogP contribution >= 0.6 is 24.8 Å². The van der Waals surface area contributed by atoms with E-state index in [9.17, 15) is 0 Å². The van der Waals surface area contributed by atoms with Gasteiger partial charge in [0.05, 0.1) is 0 Å². The third kappa shape index (κ3) is 5.74. The fourth-order valence-electron chi connectivity index (χ4n) is 1.37. The summed E-state index contributed by atoms with van der Waals surface area (Å²) >= 11 is 0. The molecule has 1 saturated heterocycles. The van der Waals surface area contributed by atoms with Gasteiger partial charge in [-0.15, -0.1) is 24.8 Å². The van der Waals surface area contributed by atoms with Gasteiger partial charge in [0.25, 0.3) is 0 Å². The number of rotatable bonds is 0. The topological polar surface area (TPSA) is 29.3 Å². The maximum atomic E-state index is 5.78. The molecular weight excluding hydrogens is 183 g/mol. The number of hydrogen-bond donors (Lipinski definition) is 1. The van der Waals surface area contributed by atoms with E-state index in [0.717, 1.165) is 6.54 Å². The third-order valence-electron chi connectivity index (χ3n) is 1.91. The summed E-state index contributed by atoms with van der Waals surface area (Å²) in [4.78, 5) is 2.32. The van der Waals surface area contributed by atoms with E-state index in [-0.39, 0.29) is 24.8 Å². The van der Waals surface area contributed by atoms with Gasteiger partial charge in [-0.1, -0.05) is 6.42 Å². The van der Waals surface area contributed by atoms with Crippen LogP contribution in [0.2, 0.25) is 0 Å². The molecule has 70 valence electrons. The third-order valence-corrected chi connectivity index (χ3v) is 1.91. The van der Waals surface area contributed by atoms with Gasteiger partial charge < -0.3 is 10.6 Å². The van der Waals surface area contributed by atoms with Gasteiger partial charge in [-0.05, 0) is 26.4 Å². The van der Waals surface area contributed by atoms with Gasteiger partial charge in [0.1, 0.15) is 0 Å². The normalized spacial score (nSPS) is 26.2. The van der Waals surface area contributed by atoms with Crippen molar-refractivity contribution in [1.82, 2.24) is 4.90 Å². The van der Waals surface area contributed by atoms with Crippen LogP contribution in [-0.4, -0.2) is 31.1 Å². The van der Waals surface area contributed by atoms with E-state index >= 15 is 0 Å². The van der Waals surface area contributed by atoms with Crippen LogP contribution in [0.25, 0.3) is 0 Å². The van der Waals surface area contributed by atoms with Gasteiger partial charge in [0, 0.05) is 12.6 Å². The van der Waals surface area contributed by atoms with E-state index < -0.39 is 0 Å². The monoisotopic (exact) mass is 200 g/mol. The number of nitrogens with two attached hydrogens (primary N) is 1. The van der Waals surface area contributed by atoms with Gasteiger partial charge in [-0.3, -0.25) is 0 Å². The second-order valence-electron chi connectivity index (χ2n) is 3.02. The van der Waals surface area contributed by atoms with Crippen molar-refractivity contribution in [3.63, 3.8) is 0 Å². The zero-order valence-corrected chi connectivity index (χ0v) is 8.59. The molecule has 1 aliphatic rings. The van der Waals surface area contributed by atoms with Crippen molar-refractivity contribution in [2.45, 2.75) is 25.3 Å². The molecule has 2 nitrogen and oxygen atoms in total. The van der Waals surface area contributed by atoms with Crippen molar-refractivity contribution < 1.29 is 0 Å². The Hall–Kier alpha value is 0.500. The molecule has 1 heterocycles. The molecule has 1 aliphatic heterocycles. The van der Waals surface area contributed by atoms with E-state index in [4.69, 9.17) is 5.73 Å². The minimum absolute atomic E-state index is 0. The summed E-state index contributed by atoms with van der Waals surface area (Å²) in [6.07, 6.45) is 3.85. The largest absolute Gasteiger partial charge is 0.327 e. The second-order valence-corrected chi connectivity index (χ2v) is 3.02. The molecule has 0 aromatic rings. The number of likely N-dealkylation sites (tertiary alicyclic amines) is 1. The van der Waals surface area contributed by atoms with Crippen molar-refractivity contribution in [2.75, 3.05) is 20.1 Å². The zero-order valence-electron chi connectivity index (χ0n) is 6.95. The lowest BCUT2D eigenvalue weighted by Crippen LogP contribution is -2.33. The van der Waals surface area contributed by atoms with Gasteiger partial charge in [-0.2, -0.15) is 0 Å². The fourth-order valence-corrected chi connectivity index (χ4v) is 1.37. The van der Waals surface area contributed by atoms with Crippen LogP contribution in [0, 0.1) is 0 Å². The first kappa shape index (κ1) is 14.0. The molecule has 0 bridgehead atoms. The van der Waals surface area contributed by atoms with Crippen LogP contribution in [0.15, 0.2) is 0 Å². The van der Waals surface area contributed by atoms with Crippen molar-refractivity contribution >= 4 is 24.8 Å². The van der Waals surface area contributed by atoms with Crippen molar-refractivity contribution in [3.05, 3.63) is 0 Å². The molecular formula is C7H18Cl2N2. The number of nitrogens with zero attached hydrogens (tertiary/aromatic N) is 1. The highest BCUT2D eigenvalue weighted by atomic mass is 35.5. The molecule has 4 heteroatoms. The fraction of sp³-hybridized carbons (Fsp3) is 1.00. The van der Waals surface area contributed by atoms with Gasteiger partial charge in [0.2, 0.25) is 0 Å². The number of halogens is 2.